The number of benzene rings is 1. The van der Waals surface area contributed by atoms with E-state index in [0.29, 0.717) is 6.04 Å². The van der Waals surface area contributed by atoms with Crippen LogP contribution < -0.4 is 0 Å². The standard InChI is InChI=1S/C16H20N2S/c1-3-16-13(5-4-6-14(16)11-17)7-8-15-12-19-10-9-18(15)2/h3-6,15H,1,7-10,12H2,2H3. The third kappa shape index (κ3) is 3.40. The second kappa shape index (κ2) is 6.79. The first-order valence-corrected chi connectivity index (χ1v) is 7.84. The van der Waals surface area contributed by atoms with Gasteiger partial charge >= 0.3 is 0 Å². The van der Waals surface area contributed by atoms with E-state index in [4.69, 9.17) is 5.26 Å². The molecule has 2 nitrogen and oxygen atoms in total. The van der Waals surface area contributed by atoms with E-state index < -0.39 is 0 Å². The van der Waals surface area contributed by atoms with Crippen molar-refractivity contribution in [2.45, 2.75) is 18.9 Å². The molecule has 1 aromatic carbocycles. The zero-order valence-corrected chi connectivity index (χ0v) is 12.2. The molecule has 1 aliphatic heterocycles. The Labute approximate surface area is 120 Å². The Bertz CT molecular complexity index is 490. The molecular weight excluding hydrogens is 252 g/mol. The van der Waals surface area contributed by atoms with Crippen LogP contribution in [-0.4, -0.2) is 36.0 Å². The van der Waals surface area contributed by atoms with Crippen molar-refractivity contribution in [3.05, 3.63) is 41.5 Å². The van der Waals surface area contributed by atoms with Crippen molar-refractivity contribution in [3.8, 4) is 6.07 Å². The van der Waals surface area contributed by atoms with E-state index in [-0.39, 0.29) is 0 Å². The normalized spacial score (nSPS) is 19.9. The van der Waals surface area contributed by atoms with Crippen LogP contribution in [0.4, 0.5) is 0 Å². The highest BCUT2D eigenvalue weighted by Crippen LogP contribution is 2.22. The molecule has 1 fully saturated rings. The summed E-state index contributed by atoms with van der Waals surface area (Å²) in [6, 6.07) is 8.86. The van der Waals surface area contributed by atoms with E-state index >= 15 is 0 Å². The molecule has 1 aliphatic rings. The number of thioether (sulfide) groups is 1. The van der Waals surface area contributed by atoms with Gasteiger partial charge in [0.25, 0.3) is 0 Å². The molecule has 0 aliphatic carbocycles. The summed E-state index contributed by atoms with van der Waals surface area (Å²) in [5.74, 6) is 2.46. The molecule has 1 saturated heterocycles. The van der Waals surface area contributed by atoms with E-state index in [1.54, 1.807) is 0 Å². The van der Waals surface area contributed by atoms with E-state index in [9.17, 15) is 0 Å². The average molecular weight is 272 g/mol. The maximum Gasteiger partial charge on any atom is 0.0998 e. The first-order chi connectivity index (χ1) is 9.26. The van der Waals surface area contributed by atoms with E-state index in [1.807, 2.05) is 30.0 Å². The van der Waals surface area contributed by atoms with Gasteiger partial charge in [-0.2, -0.15) is 17.0 Å². The fourth-order valence-corrected chi connectivity index (χ4v) is 3.81. The van der Waals surface area contributed by atoms with Gasteiger partial charge in [-0.3, -0.25) is 0 Å². The summed E-state index contributed by atoms with van der Waals surface area (Å²) in [6.07, 6.45) is 3.99. The highest BCUT2D eigenvalue weighted by atomic mass is 32.2. The van der Waals surface area contributed by atoms with Crippen LogP contribution in [0, 0.1) is 11.3 Å². The maximum atomic E-state index is 9.12. The summed E-state index contributed by atoms with van der Waals surface area (Å²) < 4.78 is 0. The lowest BCUT2D eigenvalue weighted by atomic mass is 9.96. The third-order valence-corrected chi connectivity index (χ3v) is 4.88. The van der Waals surface area contributed by atoms with Crippen molar-refractivity contribution in [2.24, 2.45) is 0 Å². The summed E-state index contributed by atoms with van der Waals surface area (Å²) in [4.78, 5) is 2.46. The van der Waals surface area contributed by atoms with Gasteiger partial charge in [0.2, 0.25) is 0 Å². The molecule has 0 spiro atoms. The number of hydrogen-bond donors (Lipinski definition) is 0. The van der Waals surface area contributed by atoms with Crippen molar-refractivity contribution < 1.29 is 0 Å². The van der Waals surface area contributed by atoms with Crippen molar-refractivity contribution in [1.82, 2.24) is 4.90 Å². The Morgan fingerprint density at radius 3 is 3.11 bits per heavy atom. The monoisotopic (exact) mass is 272 g/mol. The summed E-state index contributed by atoms with van der Waals surface area (Å²) >= 11 is 2.05. The van der Waals surface area contributed by atoms with Crippen molar-refractivity contribution in [1.29, 1.82) is 5.26 Å². The van der Waals surface area contributed by atoms with Crippen LogP contribution in [0.3, 0.4) is 0 Å². The minimum Gasteiger partial charge on any atom is -0.302 e. The number of nitriles is 1. The van der Waals surface area contributed by atoms with Gasteiger partial charge in [-0.1, -0.05) is 24.8 Å². The third-order valence-electron chi connectivity index (χ3n) is 3.79. The van der Waals surface area contributed by atoms with Crippen molar-refractivity contribution in [2.75, 3.05) is 25.1 Å². The fraction of sp³-hybridized carbons (Fsp3) is 0.438. The zero-order chi connectivity index (χ0) is 13.7. The molecular formula is C16H20N2S. The molecule has 0 bridgehead atoms. The second-order valence-corrected chi connectivity index (χ2v) is 6.09. The molecule has 1 unspecified atom stereocenters. The lowest BCUT2D eigenvalue weighted by molar-refractivity contribution is 0.258. The topological polar surface area (TPSA) is 27.0 Å². The molecule has 19 heavy (non-hydrogen) atoms. The Morgan fingerprint density at radius 2 is 2.42 bits per heavy atom. The number of rotatable bonds is 4. The van der Waals surface area contributed by atoms with Crippen molar-refractivity contribution >= 4 is 17.8 Å². The number of aryl methyl sites for hydroxylation is 1. The molecule has 1 aromatic rings. The fourth-order valence-electron chi connectivity index (χ4n) is 2.53. The van der Waals surface area contributed by atoms with Crippen LogP contribution in [-0.2, 0) is 6.42 Å². The van der Waals surface area contributed by atoms with Gasteiger partial charge in [-0.15, -0.1) is 0 Å². The Kier molecular flexibility index (Phi) is 5.07. The van der Waals surface area contributed by atoms with Crippen LogP contribution in [0.25, 0.3) is 6.08 Å². The van der Waals surface area contributed by atoms with Gasteiger partial charge < -0.3 is 4.90 Å². The molecule has 0 aromatic heterocycles. The highest BCUT2D eigenvalue weighted by molar-refractivity contribution is 7.99. The van der Waals surface area contributed by atoms with Crippen LogP contribution in [0.5, 0.6) is 0 Å². The molecule has 0 radical (unpaired) electrons. The molecule has 0 N–H and O–H groups in total. The summed E-state index contributed by atoms with van der Waals surface area (Å²) in [5, 5.41) is 9.12. The lowest BCUT2D eigenvalue weighted by Gasteiger charge is -2.32. The predicted octanol–water partition coefficient (Wildman–Crippen LogP) is 3.18. The van der Waals surface area contributed by atoms with Crippen molar-refractivity contribution in [3.63, 3.8) is 0 Å². The van der Waals surface area contributed by atoms with Crippen LogP contribution in [0.15, 0.2) is 24.8 Å². The number of hydrogen-bond acceptors (Lipinski definition) is 3. The van der Waals surface area contributed by atoms with Crippen LogP contribution in [0.2, 0.25) is 0 Å². The summed E-state index contributed by atoms with van der Waals surface area (Å²) in [7, 11) is 2.21. The Hall–Kier alpha value is -1.24. The minimum absolute atomic E-state index is 0.655. The van der Waals surface area contributed by atoms with Gasteiger partial charge in [-0.05, 0) is 37.1 Å². The van der Waals surface area contributed by atoms with Gasteiger partial charge in [-0.25, -0.2) is 0 Å². The van der Waals surface area contributed by atoms with Gasteiger partial charge in [0.15, 0.2) is 0 Å². The zero-order valence-electron chi connectivity index (χ0n) is 11.4. The number of nitrogens with zero attached hydrogens (tertiary/aromatic N) is 2. The smallest absolute Gasteiger partial charge is 0.0998 e. The maximum absolute atomic E-state index is 9.12. The Morgan fingerprint density at radius 1 is 1.58 bits per heavy atom. The first kappa shape index (κ1) is 14.2. The average Bonchev–Trinajstić information content (AvgIpc) is 2.45. The summed E-state index contributed by atoms with van der Waals surface area (Å²) in [5.41, 5.74) is 2.99. The highest BCUT2D eigenvalue weighted by Gasteiger charge is 2.19. The van der Waals surface area contributed by atoms with E-state index in [1.165, 1.54) is 23.6 Å². The van der Waals surface area contributed by atoms with Gasteiger partial charge in [0.05, 0.1) is 11.6 Å². The van der Waals surface area contributed by atoms with Gasteiger partial charge in [0.1, 0.15) is 0 Å². The lowest BCUT2D eigenvalue weighted by Crippen LogP contribution is -2.39. The molecule has 1 atom stereocenters. The minimum atomic E-state index is 0.655. The van der Waals surface area contributed by atoms with E-state index in [2.05, 4.69) is 30.7 Å². The SMILES string of the molecule is C=Cc1c(C#N)cccc1CCC1CSCCN1C. The summed E-state index contributed by atoms with van der Waals surface area (Å²) in [6.45, 7) is 5.03. The molecule has 100 valence electrons. The Balaban J connectivity index is 2.07. The largest absolute Gasteiger partial charge is 0.302 e. The van der Waals surface area contributed by atoms with Crippen LogP contribution >= 0.6 is 11.8 Å². The van der Waals surface area contributed by atoms with E-state index in [0.717, 1.165) is 24.0 Å². The molecule has 3 heteroatoms. The van der Waals surface area contributed by atoms with Gasteiger partial charge in [0, 0.05) is 24.1 Å². The quantitative estimate of drug-likeness (QED) is 0.842. The predicted molar refractivity (Wildman–Crippen MR) is 83.3 cm³/mol. The van der Waals surface area contributed by atoms with Crippen LogP contribution in [0.1, 0.15) is 23.1 Å². The molecule has 1 heterocycles. The molecule has 2 rings (SSSR count). The second-order valence-electron chi connectivity index (χ2n) is 4.94. The first-order valence-electron chi connectivity index (χ1n) is 6.68. The molecule has 0 saturated carbocycles. The molecule has 0 amide bonds.